The maximum absolute atomic E-state index is 12.0. The van der Waals surface area contributed by atoms with Gasteiger partial charge in [-0.1, -0.05) is 0 Å². The second-order valence-electron chi connectivity index (χ2n) is 3.73. The Morgan fingerprint density at radius 3 is 2.59 bits per heavy atom. The van der Waals surface area contributed by atoms with Gasteiger partial charge in [0.1, 0.15) is 4.21 Å². The Morgan fingerprint density at radius 1 is 1.53 bits per heavy atom. The molecular weight excluding hydrogens is 278 g/mol. The van der Waals surface area contributed by atoms with Crippen LogP contribution in [0.25, 0.3) is 0 Å². The summed E-state index contributed by atoms with van der Waals surface area (Å²) in [4.78, 5) is 0.960. The molecule has 2 N–H and O–H groups in total. The number of thioether (sulfide) groups is 1. The van der Waals surface area contributed by atoms with Crippen LogP contribution < -0.4 is 4.72 Å². The molecule has 2 unspecified atom stereocenters. The van der Waals surface area contributed by atoms with Gasteiger partial charge in [0.15, 0.2) is 0 Å². The van der Waals surface area contributed by atoms with Crippen molar-refractivity contribution in [3.63, 3.8) is 0 Å². The van der Waals surface area contributed by atoms with E-state index in [9.17, 15) is 8.42 Å². The standard InChI is InChI=1S/C10H17NO3S3/c1-7-4-5-10(16-7)17(13,14)11-8(2)9(6-12)15-3/h4-5,8-9,11-12H,6H2,1-3H3. The first-order chi connectivity index (χ1) is 7.90. The Hall–Kier alpha value is -0.0800. The number of nitrogens with one attached hydrogen (secondary N) is 1. The van der Waals surface area contributed by atoms with Crippen molar-refractivity contribution in [3.05, 3.63) is 17.0 Å². The number of aliphatic hydroxyl groups excluding tert-OH is 1. The molecule has 0 fully saturated rings. The van der Waals surface area contributed by atoms with Crippen LogP contribution in [0.4, 0.5) is 0 Å². The fourth-order valence-corrected chi connectivity index (χ4v) is 4.67. The number of thiophene rings is 1. The maximum atomic E-state index is 12.0. The zero-order valence-corrected chi connectivity index (χ0v) is 12.5. The minimum Gasteiger partial charge on any atom is -0.395 e. The van der Waals surface area contributed by atoms with Gasteiger partial charge in [-0.2, -0.15) is 11.8 Å². The molecule has 1 aromatic rings. The topological polar surface area (TPSA) is 66.4 Å². The van der Waals surface area contributed by atoms with E-state index in [2.05, 4.69) is 4.72 Å². The molecule has 0 amide bonds. The molecule has 2 atom stereocenters. The third-order valence-electron chi connectivity index (χ3n) is 2.36. The second kappa shape index (κ2) is 6.19. The van der Waals surface area contributed by atoms with Gasteiger partial charge < -0.3 is 5.11 Å². The lowest BCUT2D eigenvalue weighted by molar-refractivity contribution is 0.282. The predicted octanol–water partition coefficient (Wildman–Crippen LogP) is 1.45. The highest BCUT2D eigenvalue weighted by molar-refractivity contribution is 7.99. The van der Waals surface area contributed by atoms with Gasteiger partial charge >= 0.3 is 0 Å². The summed E-state index contributed by atoms with van der Waals surface area (Å²) in [5.41, 5.74) is 0. The number of sulfonamides is 1. The van der Waals surface area contributed by atoms with E-state index in [0.29, 0.717) is 4.21 Å². The van der Waals surface area contributed by atoms with Crippen LogP contribution in [0.2, 0.25) is 0 Å². The molecule has 0 radical (unpaired) electrons. The molecule has 0 aliphatic heterocycles. The van der Waals surface area contributed by atoms with Gasteiger partial charge in [0.25, 0.3) is 0 Å². The molecule has 0 saturated heterocycles. The largest absolute Gasteiger partial charge is 0.395 e. The van der Waals surface area contributed by atoms with E-state index in [0.717, 1.165) is 4.88 Å². The quantitative estimate of drug-likeness (QED) is 0.833. The molecule has 4 nitrogen and oxygen atoms in total. The van der Waals surface area contributed by atoms with Gasteiger partial charge in [-0.25, -0.2) is 13.1 Å². The van der Waals surface area contributed by atoms with Crippen LogP contribution in [0.3, 0.4) is 0 Å². The summed E-state index contributed by atoms with van der Waals surface area (Å²) < 4.78 is 26.9. The van der Waals surface area contributed by atoms with E-state index < -0.39 is 10.0 Å². The SMILES string of the molecule is CSC(CO)C(C)NS(=O)(=O)c1ccc(C)s1. The molecule has 7 heteroatoms. The average Bonchev–Trinajstić information content (AvgIpc) is 2.66. The molecule has 1 heterocycles. The number of hydrogen-bond acceptors (Lipinski definition) is 5. The fraction of sp³-hybridized carbons (Fsp3) is 0.600. The van der Waals surface area contributed by atoms with Crippen LogP contribution in [-0.2, 0) is 10.0 Å². The Kier molecular flexibility index (Phi) is 5.46. The summed E-state index contributed by atoms with van der Waals surface area (Å²) in [7, 11) is -3.46. The van der Waals surface area contributed by atoms with Crippen LogP contribution in [0.1, 0.15) is 11.8 Å². The Balaban J connectivity index is 2.80. The molecule has 98 valence electrons. The molecular formula is C10H17NO3S3. The third-order valence-corrected chi connectivity index (χ3v) is 6.58. The number of rotatable bonds is 6. The van der Waals surface area contributed by atoms with Crippen LogP contribution in [0, 0.1) is 6.92 Å². The molecule has 1 aromatic heterocycles. The van der Waals surface area contributed by atoms with Crippen LogP contribution in [0.15, 0.2) is 16.3 Å². The van der Waals surface area contributed by atoms with E-state index in [4.69, 9.17) is 5.11 Å². The number of aryl methyl sites for hydroxylation is 1. The lowest BCUT2D eigenvalue weighted by Gasteiger charge is -2.20. The van der Waals surface area contributed by atoms with Crippen molar-refractivity contribution >= 4 is 33.1 Å². The molecule has 0 saturated carbocycles. The van der Waals surface area contributed by atoms with Crippen LogP contribution in [0.5, 0.6) is 0 Å². The van der Waals surface area contributed by atoms with Gasteiger partial charge in [-0.15, -0.1) is 11.3 Å². The maximum Gasteiger partial charge on any atom is 0.250 e. The lowest BCUT2D eigenvalue weighted by atomic mass is 10.3. The van der Waals surface area contributed by atoms with Gasteiger partial charge in [-0.05, 0) is 32.2 Å². The second-order valence-corrected chi connectivity index (χ2v) is 8.04. The van der Waals surface area contributed by atoms with Crippen molar-refractivity contribution in [3.8, 4) is 0 Å². The van der Waals surface area contributed by atoms with E-state index in [-0.39, 0.29) is 17.9 Å². The van der Waals surface area contributed by atoms with Crippen molar-refractivity contribution in [1.82, 2.24) is 4.72 Å². The zero-order chi connectivity index (χ0) is 13.1. The van der Waals surface area contributed by atoms with Gasteiger partial charge in [0, 0.05) is 16.2 Å². The van der Waals surface area contributed by atoms with E-state index >= 15 is 0 Å². The minimum absolute atomic E-state index is 0.0473. The highest BCUT2D eigenvalue weighted by Crippen LogP contribution is 2.21. The third kappa shape index (κ3) is 3.96. The van der Waals surface area contributed by atoms with E-state index in [1.165, 1.54) is 23.1 Å². The summed E-state index contributed by atoms with van der Waals surface area (Å²) in [6, 6.07) is 3.08. The monoisotopic (exact) mass is 295 g/mol. The Morgan fingerprint density at radius 2 is 2.18 bits per heavy atom. The van der Waals surface area contributed by atoms with Crippen LogP contribution >= 0.6 is 23.1 Å². The van der Waals surface area contributed by atoms with Gasteiger partial charge in [0.2, 0.25) is 10.0 Å². The summed E-state index contributed by atoms with van der Waals surface area (Å²) >= 11 is 2.69. The predicted molar refractivity (Wildman–Crippen MR) is 73.2 cm³/mol. The first-order valence-electron chi connectivity index (χ1n) is 5.13. The zero-order valence-electron chi connectivity index (χ0n) is 10.0. The minimum atomic E-state index is -3.46. The highest BCUT2D eigenvalue weighted by Gasteiger charge is 2.23. The lowest BCUT2D eigenvalue weighted by Crippen LogP contribution is -2.40. The van der Waals surface area contributed by atoms with Crippen molar-refractivity contribution in [2.24, 2.45) is 0 Å². The Labute approximate surface area is 110 Å². The first kappa shape index (κ1) is 15.0. The fourth-order valence-electron chi connectivity index (χ4n) is 1.37. The average molecular weight is 295 g/mol. The highest BCUT2D eigenvalue weighted by atomic mass is 32.2. The van der Waals surface area contributed by atoms with Crippen molar-refractivity contribution in [2.45, 2.75) is 29.3 Å². The van der Waals surface area contributed by atoms with Gasteiger partial charge in [0.05, 0.1) is 6.61 Å². The first-order valence-corrected chi connectivity index (χ1v) is 8.72. The summed E-state index contributed by atoms with van der Waals surface area (Å²) in [6.07, 6.45) is 1.85. The van der Waals surface area contributed by atoms with Crippen molar-refractivity contribution in [1.29, 1.82) is 0 Å². The molecule has 0 bridgehead atoms. The van der Waals surface area contributed by atoms with Gasteiger partial charge in [-0.3, -0.25) is 0 Å². The van der Waals surface area contributed by atoms with E-state index in [1.807, 2.05) is 13.2 Å². The molecule has 0 aromatic carbocycles. The molecule has 1 rings (SSSR count). The Bertz CT molecular complexity index is 451. The summed E-state index contributed by atoms with van der Waals surface area (Å²) in [5.74, 6) is 0. The number of aliphatic hydroxyl groups is 1. The molecule has 0 spiro atoms. The van der Waals surface area contributed by atoms with Crippen LogP contribution in [-0.4, -0.2) is 37.7 Å². The van der Waals surface area contributed by atoms with Crippen molar-refractivity contribution < 1.29 is 13.5 Å². The summed E-state index contributed by atoms with van der Waals surface area (Å²) in [6.45, 7) is 3.58. The molecule has 0 aliphatic rings. The molecule has 17 heavy (non-hydrogen) atoms. The normalized spacial score (nSPS) is 15.8. The smallest absolute Gasteiger partial charge is 0.250 e. The molecule has 0 aliphatic carbocycles. The van der Waals surface area contributed by atoms with E-state index in [1.54, 1.807) is 19.1 Å². The number of hydrogen-bond donors (Lipinski definition) is 2. The van der Waals surface area contributed by atoms with Crippen molar-refractivity contribution in [2.75, 3.05) is 12.9 Å². The summed E-state index contributed by atoms with van der Waals surface area (Å²) in [5, 5.41) is 8.98.